The molecule has 5 heteroatoms. The van der Waals surface area contributed by atoms with Gasteiger partial charge in [0, 0.05) is 17.9 Å². The molecule has 1 atom stereocenters. The average Bonchev–Trinajstić information content (AvgIpc) is 3.02. The Bertz CT molecular complexity index is 1570. The molecule has 0 bridgehead atoms. The van der Waals surface area contributed by atoms with Crippen LogP contribution in [0.3, 0.4) is 0 Å². The second-order valence-corrected chi connectivity index (χ2v) is 11.8. The highest BCUT2D eigenvalue weighted by Crippen LogP contribution is 2.43. The number of halogens is 1. The molecule has 0 saturated carbocycles. The number of carbonyl (C=O) groups excluding carboxylic acids is 1. The van der Waals surface area contributed by atoms with E-state index < -0.39 is 17.3 Å². The van der Waals surface area contributed by atoms with Crippen LogP contribution in [-0.4, -0.2) is 24.8 Å². The smallest absolute Gasteiger partial charge is 0.302 e. The molecule has 0 N–H and O–H groups in total. The molecule has 0 fully saturated rings. The zero-order valence-electron chi connectivity index (χ0n) is 25.0. The van der Waals surface area contributed by atoms with Crippen LogP contribution >= 0.6 is 11.6 Å². The van der Waals surface area contributed by atoms with Crippen molar-refractivity contribution in [1.82, 2.24) is 0 Å². The molecule has 5 aromatic carbocycles. The number of carbonyl (C=O) groups is 1. The van der Waals surface area contributed by atoms with Gasteiger partial charge in [0.2, 0.25) is 0 Å². The van der Waals surface area contributed by atoms with Crippen molar-refractivity contribution in [3.8, 4) is 0 Å². The summed E-state index contributed by atoms with van der Waals surface area (Å²) in [4.78, 5) is 11.7. The van der Waals surface area contributed by atoms with E-state index in [4.69, 9.17) is 25.8 Å². The quantitative estimate of drug-likeness (QED) is 0.113. The highest BCUT2D eigenvalue weighted by atomic mass is 35.5. The number of hydrogen-bond acceptors (Lipinski definition) is 4. The second kappa shape index (κ2) is 13.1. The molecule has 1 unspecified atom stereocenters. The van der Waals surface area contributed by atoms with Crippen LogP contribution in [0.5, 0.6) is 0 Å². The predicted molar refractivity (Wildman–Crippen MR) is 173 cm³/mol. The molecule has 5 rings (SSSR count). The fraction of sp³-hybridized carbons (Fsp3) is 0.237. The van der Waals surface area contributed by atoms with Crippen molar-refractivity contribution in [2.45, 2.75) is 45.0 Å². The van der Waals surface area contributed by atoms with E-state index >= 15 is 0 Å². The molecule has 0 radical (unpaired) electrons. The standard InChI is InChI=1S/C38H37ClO4/c1-27-24-29-16-14-15-23-33(29)36(39)35(27)34(43-37(3,4)26-41-28(2)40)25-42-38(30-17-8-5-9-18-30,31-19-10-6-11-20-31)32-21-12-7-13-22-32/h5-24,34H,25-26H2,1-4H3. The van der Waals surface area contributed by atoms with E-state index in [0.29, 0.717) is 5.02 Å². The minimum Gasteiger partial charge on any atom is -0.463 e. The molecular weight excluding hydrogens is 556 g/mol. The van der Waals surface area contributed by atoms with Crippen molar-refractivity contribution in [1.29, 1.82) is 0 Å². The van der Waals surface area contributed by atoms with Crippen LogP contribution in [0, 0.1) is 6.92 Å². The number of rotatable bonds is 11. The van der Waals surface area contributed by atoms with E-state index in [1.807, 2.05) is 93.6 Å². The van der Waals surface area contributed by atoms with Gasteiger partial charge in [-0.15, -0.1) is 0 Å². The van der Waals surface area contributed by atoms with Gasteiger partial charge in [-0.25, -0.2) is 0 Å². The van der Waals surface area contributed by atoms with E-state index in [9.17, 15) is 4.79 Å². The molecule has 0 aliphatic carbocycles. The third kappa shape index (κ3) is 6.67. The highest BCUT2D eigenvalue weighted by molar-refractivity contribution is 6.36. The third-order valence-corrected chi connectivity index (χ3v) is 8.04. The highest BCUT2D eigenvalue weighted by Gasteiger charge is 2.39. The van der Waals surface area contributed by atoms with Crippen LogP contribution < -0.4 is 0 Å². The molecule has 0 spiro atoms. The lowest BCUT2D eigenvalue weighted by Gasteiger charge is -2.39. The van der Waals surface area contributed by atoms with Gasteiger partial charge in [-0.05, 0) is 48.4 Å². The Labute approximate surface area is 259 Å². The lowest BCUT2D eigenvalue weighted by atomic mass is 9.80. The minimum atomic E-state index is -0.942. The Morgan fingerprint density at radius 1 is 0.767 bits per heavy atom. The Balaban J connectivity index is 1.66. The predicted octanol–water partition coefficient (Wildman–Crippen LogP) is 9.21. The van der Waals surface area contributed by atoms with Crippen LogP contribution in [0.4, 0.5) is 0 Å². The lowest BCUT2D eigenvalue weighted by molar-refractivity contribution is -0.164. The van der Waals surface area contributed by atoms with E-state index in [2.05, 4.69) is 48.5 Å². The normalized spacial score (nSPS) is 12.7. The summed E-state index contributed by atoms with van der Waals surface area (Å²) in [5.74, 6) is -0.361. The minimum absolute atomic E-state index is 0.0876. The molecule has 0 aliphatic rings. The molecule has 5 aromatic rings. The number of fused-ring (bicyclic) bond motifs is 1. The fourth-order valence-electron chi connectivity index (χ4n) is 5.69. The Hall–Kier alpha value is -3.96. The molecule has 43 heavy (non-hydrogen) atoms. The van der Waals surface area contributed by atoms with Crippen LogP contribution in [0.2, 0.25) is 5.02 Å². The number of hydrogen-bond donors (Lipinski definition) is 0. The first-order valence-electron chi connectivity index (χ1n) is 14.5. The van der Waals surface area contributed by atoms with Crippen LogP contribution in [0.15, 0.2) is 121 Å². The topological polar surface area (TPSA) is 44.8 Å². The molecule has 4 nitrogen and oxygen atoms in total. The van der Waals surface area contributed by atoms with E-state index in [1.54, 1.807) is 0 Å². The van der Waals surface area contributed by atoms with Gasteiger partial charge in [0.15, 0.2) is 0 Å². The van der Waals surface area contributed by atoms with Crippen molar-refractivity contribution < 1.29 is 19.0 Å². The fourth-order valence-corrected chi connectivity index (χ4v) is 6.13. The monoisotopic (exact) mass is 592 g/mol. The van der Waals surface area contributed by atoms with Crippen molar-refractivity contribution in [2.75, 3.05) is 13.2 Å². The van der Waals surface area contributed by atoms with E-state index in [1.165, 1.54) is 6.92 Å². The van der Waals surface area contributed by atoms with Crippen LogP contribution in [-0.2, 0) is 24.6 Å². The summed E-state index contributed by atoms with van der Waals surface area (Å²) < 4.78 is 19.4. The Morgan fingerprint density at radius 2 is 1.26 bits per heavy atom. The maximum absolute atomic E-state index is 11.7. The average molecular weight is 593 g/mol. The summed E-state index contributed by atoms with van der Waals surface area (Å²) >= 11 is 7.18. The van der Waals surface area contributed by atoms with Crippen molar-refractivity contribution in [3.63, 3.8) is 0 Å². The first-order chi connectivity index (χ1) is 20.7. The number of ether oxygens (including phenoxy) is 3. The van der Waals surface area contributed by atoms with Gasteiger partial charge in [0.25, 0.3) is 0 Å². The summed E-state index contributed by atoms with van der Waals surface area (Å²) in [5.41, 5.74) is 3.05. The van der Waals surface area contributed by atoms with Gasteiger partial charge < -0.3 is 14.2 Å². The van der Waals surface area contributed by atoms with Crippen molar-refractivity contribution in [3.05, 3.63) is 154 Å². The van der Waals surface area contributed by atoms with Crippen LogP contribution in [0.1, 0.15) is 54.7 Å². The van der Waals surface area contributed by atoms with Crippen molar-refractivity contribution in [2.24, 2.45) is 0 Å². The first-order valence-corrected chi connectivity index (χ1v) is 14.9. The Kier molecular flexibility index (Phi) is 9.31. The molecule has 0 amide bonds. The maximum Gasteiger partial charge on any atom is 0.302 e. The van der Waals surface area contributed by atoms with E-state index in [-0.39, 0.29) is 19.2 Å². The molecule has 0 heterocycles. The van der Waals surface area contributed by atoms with Crippen LogP contribution in [0.25, 0.3) is 10.8 Å². The van der Waals surface area contributed by atoms with Gasteiger partial charge >= 0.3 is 5.97 Å². The largest absolute Gasteiger partial charge is 0.463 e. The summed E-state index contributed by atoms with van der Waals surface area (Å²) in [6, 6.07) is 40.9. The zero-order valence-corrected chi connectivity index (χ0v) is 25.8. The number of esters is 1. The molecule has 220 valence electrons. The SMILES string of the molecule is CC(=O)OCC(C)(C)OC(COC(c1ccccc1)(c1ccccc1)c1ccccc1)c1c(C)cc2ccccc2c1Cl. The Morgan fingerprint density at radius 3 is 1.77 bits per heavy atom. The van der Waals surface area contributed by atoms with Gasteiger partial charge in [0.05, 0.1) is 17.2 Å². The third-order valence-electron chi connectivity index (χ3n) is 7.63. The summed E-state index contributed by atoms with van der Waals surface area (Å²) in [6.07, 6.45) is -0.585. The first kappa shape index (κ1) is 30.5. The molecule has 0 aromatic heterocycles. The second-order valence-electron chi connectivity index (χ2n) is 11.4. The molecular formula is C38H37ClO4. The number of benzene rings is 5. The zero-order chi connectivity index (χ0) is 30.5. The molecule has 0 aliphatic heterocycles. The molecule has 0 saturated heterocycles. The van der Waals surface area contributed by atoms with Crippen molar-refractivity contribution >= 4 is 28.3 Å². The van der Waals surface area contributed by atoms with Gasteiger partial charge in [-0.1, -0.05) is 133 Å². The van der Waals surface area contributed by atoms with E-state index in [0.717, 1.165) is 38.6 Å². The van der Waals surface area contributed by atoms with Gasteiger partial charge in [0.1, 0.15) is 18.3 Å². The summed E-state index contributed by atoms with van der Waals surface area (Å²) in [7, 11) is 0. The van der Waals surface area contributed by atoms with Gasteiger partial charge in [-0.2, -0.15) is 0 Å². The summed E-state index contributed by atoms with van der Waals surface area (Å²) in [5, 5.41) is 2.62. The van der Waals surface area contributed by atoms with Gasteiger partial charge in [-0.3, -0.25) is 4.79 Å². The maximum atomic E-state index is 11.7. The number of aryl methyl sites for hydroxylation is 1. The summed E-state index contributed by atoms with van der Waals surface area (Å²) in [6.45, 7) is 7.51. The lowest BCUT2D eigenvalue weighted by Crippen LogP contribution is -2.38.